The lowest BCUT2D eigenvalue weighted by atomic mass is 10.1. The van der Waals surface area contributed by atoms with Crippen molar-refractivity contribution in [3.8, 4) is 0 Å². The van der Waals surface area contributed by atoms with Gasteiger partial charge in [-0.25, -0.2) is 0 Å². The van der Waals surface area contributed by atoms with E-state index in [4.69, 9.17) is 4.52 Å². The third-order valence-electron chi connectivity index (χ3n) is 4.60. The van der Waals surface area contributed by atoms with Crippen molar-refractivity contribution < 1.29 is 9.32 Å². The minimum Gasteiger partial charge on any atom is -0.340 e. The topological polar surface area (TPSA) is 91.2 Å². The number of aromatic amines is 1. The van der Waals surface area contributed by atoms with Crippen molar-refractivity contribution in [3.05, 3.63) is 28.7 Å². The number of aryl methyl sites for hydroxylation is 2. The van der Waals surface area contributed by atoms with Crippen LogP contribution in [0.15, 0.2) is 4.52 Å². The van der Waals surface area contributed by atoms with E-state index in [0.29, 0.717) is 37.0 Å². The smallest absolute Gasteiger partial charge is 0.274 e. The van der Waals surface area contributed by atoms with Crippen LogP contribution >= 0.6 is 0 Å². The lowest BCUT2D eigenvalue weighted by molar-refractivity contribution is 0.0617. The van der Waals surface area contributed by atoms with Gasteiger partial charge < -0.3 is 9.42 Å². The van der Waals surface area contributed by atoms with E-state index < -0.39 is 0 Å². The Morgan fingerprint density at radius 3 is 2.83 bits per heavy atom. The standard InChI is InChI=1S/C15H20N6O2/c1-10-16-13(19-23-10)9-20-5-7-21(8-6-20)15(22)14-11-3-2-4-12(11)17-18-14/h2-9H2,1H3,(H,17,18). The minimum absolute atomic E-state index is 0.0551. The molecule has 3 heterocycles. The van der Waals surface area contributed by atoms with E-state index in [1.807, 2.05) is 4.90 Å². The van der Waals surface area contributed by atoms with Crippen LogP contribution in [0.5, 0.6) is 0 Å². The van der Waals surface area contributed by atoms with Gasteiger partial charge in [-0.1, -0.05) is 5.16 Å². The Morgan fingerprint density at radius 2 is 2.09 bits per heavy atom. The average Bonchev–Trinajstić information content (AvgIpc) is 3.24. The molecule has 1 N–H and O–H groups in total. The maximum absolute atomic E-state index is 12.7. The molecule has 0 saturated carbocycles. The first-order chi connectivity index (χ1) is 11.2. The van der Waals surface area contributed by atoms with Gasteiger partial charge in [-0.15, -0.1) is 0 Å². The van der Waals surface area contributed by atoms with Crippen molar-refractivity contribution in [2.75, 3.05) is 26.2 Å². The van der Waals surface area contributed by atoms with Gasteiger partial charge in [0.1, 0.15) is 0 Å². The van der Waals surface area contributed by atoms with Crippen LogP contribution < -0.4 is 0 Å². The Kier molecular flexibility index (Phi) is 3.60. The molecule has 8 heteroatoms. The van der Waals surface area contributed by atoms with Gasteiger partial charge in [-0.2, -0.15) is 10.1 Å². The Balaban J connectivity index is 1.36. The summed E-state index contributed by atoms with van der Waals surface area (Å²) in [5.41, 5.74) is 2.89. The maximum atomic E-state index is 12.7. The van der Waals surface area contributed by atoms with Crippen LogP contribution in [0.2, 0.25) is 0 Å². The first-order valence-electron chi connectivity index (χ1n) is 8.07. The van der Waals surface area contributed by atoms with E-state index in [2.05, 4.69) is 25.2 Å². The summed E-state index contributed by atoms with van der Waals surface area (Å²) in [5, 5.41) is 11.2. The predicted molar refractivity (Wildman–Crippen MR) is 80.8 cm³/mol. The zero-order valence-electron chi connectivity index (χ0n) is 13.2. The van der Waals surface area contributed by atoms with Gasteiger partial charge in [0.2, 0.25) is 5.89 Å². The summed E-state index contributed by atoms with van der Waals surface area (Å²) in [6, 6.07) is 0. The third kappa shape index (κ3) is 2.74. The highest BCUT2D eigenvalue weighted by Crippen LogP contribution is 2.24. The van der Waals surface area contributed by atoms with Gasteiger partial charge in [-0.3, -0.25) is 14.8 Å². The number of nitrogens with zero attached hydrogens (tertiary/aromatic N) is 5. The number of carbonyl (C=O) groups is 1. The number of piperazine rings is 1. The van der Waals surface area contributed by atoms with Gasteiger partial charge in [0, 0.05) is 44.4 Å². The lowest BCUT2D eigenvalue weighted by Gasteiger charge is -2.33. The van der Waals surface area contributed by atoms with Crippen molar-refractivity contribution >= 4 is 5.91 Å². The first-order valence-corrected chi connectivity index (χ1v) is 8.07. The molecule has 1 saturated heterocycles. The minimum atomic E-state index is 0.0551. The van der Waals surface area contributed by atoms with Gasteiger partial charge in [0.25, 0.3) is 5.91 Å². The SMILES string of the molecule is Cc1nc(CN2CCN(C(=O)c3n[nH]c4c3CCC4)CC2)no1. The highest BCUT2D eigenvalue weighted by molar-refractivity contribution is 5.94. The molecule has 1 aliphatic carbocycles. The number of hydrogen-bond acceptors (Lipinski definition) is 6. The van der Waals surface area contributed by atoms with Crippen molar-refractivity contribution in [1.82, 2.24) is 30.1 Å². The van der Waals surface area contributed by atoms with Crippen LogP contribution in [0.25, 0.3) is 0 Å². The monoisotopic (exact) mass is 316 g/mol. The second kappa shape index (κ2) is 5.77. The molecule has 0 spiro atoms. The fourth-order valence-electron chi connectivity index (χ4n) is 3.36. The molecule has 2 aliphatic rings. The van der Waals surface area contributed by atoms with Crippen molar-refractivity contribution in [1.29, 1.82) is 0 Å². The summed E-state index contributed by atoms with van der Waals surface area (Å²) in [4.78, 5) is 21.0. The van der Waals surface area contributed by atoms with Crippen LogP contribution in [0.3, 0.4) is 0 Å². The molecule has 1 aliphatic heterocycles. The number of amides is 1. The Bertz CT molecular complexity index is 713. The number of fused-ring (bicyclic) bond motifs is 1. The van der Waals surface area contributed by atoms with Crippen LogP contribution in [-0.2, 0) is 19.4 Å². The number of nitrogens with one attached hydrogen (secondary N) is 1. The van der Waals surface area contributed by atoms with Crippen molar-refractivity contribution in [3.63, 3.8) is 0 Å². The van der Waals surface area contributed by atoms with Crippen LogP contribution in [0.4, 0.5) is 0 Å². The normalized spacial score (nSPS) is 18.4. The number of aromatic nitrogens is 4. The molecule has 2 aromatic heterocycles. The van der Waals surface area contributed by atoms with Crippen LogP contribution in [0.1, 0.15) is 39.9 Å². The fraction of sp³-hybridized carbons (Fsp3) is 0.600. The summed E-state index contributed by atoms with van der Waals surface area (Å²) in [7, 11) is 0. The van der Waals surface area contributed by atoms with Crippen molar-refractivity contribution in [2.45, 2.75) is 32.7 Å². The molecule has 2 aromatic rings. The summed E-state index contributed by atoms with van der Waals surface area (Å²) in [6.07, 6.45) is 3.08. The summed E-state index contributed by atoms with van der Waals surface area (Å²) < 4.78 is 4.99. The van der Waals surface area contributed by atoms with Gasteiger partial charge in [-0.05, 0) is 19.3 Å². The molecule has 1 fully saturated rings. The van der Waals surface area contributed by atoms with E-state index in [1.54, 1.807) is 6.92 Å². The lowest BCUT2D eigenvalue weighted by Crippen LogP contribution is -2.48. The van der Waals surface area contributed by atoms with E-state index in [9.17, 15) is 4.79 Å². The van der Waals surface area contributed by atoms with Gasteiger partial charge in [0.15, 0.2) is 11.5 Å². The average molecular weight is 316 g/mol. The Morgan fingerprint density at radius 1 is 1.26 bits per heavy atom. The molecule has 0 aromatic carbocycles. The first kappa shape index (κ1) is 14.4. The van der Waals surface area contributed by atoms with E-state index >= 15 is 0 Å². The number of rotatable bonds is 3. The number of carbonyl (C=O) groups excluding carboxylic acids is 1. The quantitative estimate of drug-likeness (QED) is 0.889. The van der Waals surface area contributed by atoms with Gasteiger partial charge in [0.05, 0.1) is 6.54 Å². The fourth-order valence-corrected chi connectivity index (χ4v) is 3.36. The second-order valence-electron chi connectivity index (χ2n) is 6.18. The van der Waals surface area contributed by atoms with Gasteiger partial charge >= 0.3 is 0 Å². The van der Waals surface area contributed by atoms with E-state index in [0.717, 1.165) is 43.6 Å². The second-order valence-corrected chi connectivity index (χ2v) is 6.18. The van der Waals surface area contributed by atoms with Crippen molar-refractivity contribution in [2.24, 2.45) is 0 Å². The molecule has 0 unspecified atom stereocenters. The molecule has 8 nitrogen and oxygen atoms in total. The zero-order chi connectivity index (χ0) is 15.8. The summed E-state index contributed by atoms with van der Waals surface area (Å²) in [5.74, 6) is 1.34. The molecule has 0 atom stereocenters. The summed E-state index contributed by atoms with van der Waals surface area (Å²) in [6.45, 7) is 5.49. The van der Waals surface area contributed by atoms with Crippen LogP contribution in [0, 0.1) is 6.92 Å². The third-order valence-corrected chi connectivity index (χ3v) is 4.60. The zero-order valence-corrected chi connectivity index (χ0v) is 13.2. The number of hydrogen-bond donors (Lipinski definition) is 1. The van der Waals surface area contributed by atoms with Crippen LogP contribution in [-0.4, -0.2) is 62.2 Å². The summed E-state index contributed by atoms with van der Waals surface area (Å²) >= 11 is 0. The highest BCUT2D eigenvalue weighted by atomic mass is 16.5. The molecule has 122 valence electrons. The van der Waals surface area contributed by atoms with E-state index in [1.165, 1.54) is 0 Å². The van der Waals surface area contributed by atoms with E-state index in [-0.39, 0.29) is 5.91 Å². The highest BCUT2D eigenvalue weighted by Gasteiger charge is 2.29. The molecular formula is C15H20N6O2. The Hall–Kier alpha value is -2.22. The maximum Gasteiger partial charge on any atom is 0.274 e. The molecule has 0 bridgehead atoms. The molecule has 23 heavy (non-hydrogen) atoms. The predicted octanol–water partition coefficient (Wildman–Crippen LogP) is 0.548. The molecule has 0 radical (unpaired) electrons. The largest absolute Gasteiger partial charge is 0.340 e. The molecular weight excluding hydrogens is 296 g/mol. The Labute approximate surface area is 133 Å². The number of H-pyrrole nitrogens is 1. The molecule has 4 rings (SSSR count). The molecule has 1 amide bonds.